The van der Waals surface area contributed by atoms with E-state index in [2.05, 4.69) is 19.2 Å². The molecule has 0 saturated heterocycles. The average Bonchev–Trinajstić information content (AvgIpc) is 3.03. The van der Waals surface area contributed by atoms with E-state index >= 15 is 0 Å². The number of hydrogen-bond acceptors (Lipinski definition) is 3. The van der Waals surface area contributed by atoms with Crippen LogP contribution in [0.5, 0.6) is 0 Å². The molecule has 1 atom stereocenters. The number of carbonyl (C=O) groups is 1. The van der Waals surface area contributed by atoms with Gasteiger partial charge in [-0.1, -0.05) is 55.8 Å². The second kappa shape index (κ2) is 6.85. The van der Waals surface area contributed by atoms with Crippen molar-refractivity contribution < 1.29 is 4.79 Å². The Labute approximate surface area is 181 Å². The zero-order valence-electron chi connectivity index (χ0n) is 17.4. The summed E-state index contributed by atoms with van der Waals surface area (Å²) >= 11 is 6.16. The minimum atomic E-state index is -0.144. The number of rotatable bonds is 2. The Hall–Kier alpha value is -2.85. The highest BCUT2D eigenvalue weighted by atomic mass is 35.5. The van der Waals surface area contributed by atoms with Gasteiger partial charge >= 0.3 is 0 Å². The van der Waals surface area contributed by atoms with Gasteiger partial charge in [-0.2, -0.15) is 5.10 Å². The van der Waals surface area contributed by atoms with Gasteiger partial charge in [-0.25, -0.2) is 4.68 Å². The van der Waals surface area contributed by atoms with Crippen LogP contribution >= 0.6 is 11.6 Å². The summed E-state index contributed by atoms with van der Waals surface area (Å²) in [5, 5.41) is 9.17. The van der Waals surface area contributed by atoms with E-state index in [1.807, 2.05) is 66.2 Å². The monoisotopic (exact) mass is 417 g/mol. The fourth-order valence-corrected chi connectivity index (χ4v) is 4.94. The number of carbonyl (C=O) groups excluding carboxylic acids is 1. The van der Waals surface area contributed by atoms with Crippen molar-refractivity contribution in [1.82, 2.24) is 9.78 Å². The van der Waals surface area contributed by atoms with Crippen molar-refractivity contribution in [3.05, 3.63) is 87.7 Å². The minimum Gasteiger partial charge on any atom is -0.343 e. The van der Waals surface area contributed by atoms with Crippen LogP contribution in [0.3, 0.4) is 0 Å². The molecule has 1 aliphatic carbocycles. The van der Waals surface area contributed by atoms with Crippen molar-refractivity contribution in [2.45, 2.75) is 39.5 Å². The number of aromatic nitrogens is 2. The zero-order valence-corrected chi connectivity index (χ0v) is 18.1. The third kappa shape index (κ3) is 3.07. The predicted octanol–water partition coefficient (Wildman–Crippen LogP) is 6.03. The van der Waals surface area contributed by atoms with Crippen LogP contribution in [0.2, 0.25) is 5.02 Å². The molecule has 30 heavy (non-hydrogen) atoms. The molecule has 0 spiro atoms. The normalized spacial score (nSPS) is 19.9. The van der Waals surface area contributed by atoms with Crippen LogP contribution in [0.1, 0.15) is 49.4 Å². The molecule has 152 valence electrons. The van der Waals surface area contributed by atoms with Crippen LogP contribution in [0.4, 0.5) is 5.82 Å². The highest BCUT2D eigenvalue weighted by Gasteiger charge is 2.42. The molecule has 0 amide bonds. The number of fused-ring (bicyclic) bond motifs is 1. The summed E-state index contributed by atoms with van der Waals surface area (Å²) in [5.41, 5.74) is 5.87. The van der Waals surface area contributed by atoms with Crippen LogP contribution in [0, 0.1) is 12.3 Å². The number of benzene rings is 2. The Kier molecular flexibility index (Phi) is 4.37. The molecule has 0 bridgehead atoms. The Balaban J connectivity index is 1.76. The lowest BCUT2D eigenvalue weighted by Gasteiger charge is -2.38. The van der Waals surface area contributed by atoms with Gasteiger partial charge < -0.3 is 5.32 Å². The molecule has 4 nitrogen and oxygen atoms in total. The van der Waals surface area contributed by atoms with Crippen molar-refractivity contribution in [1.29, 1.82) is 0 Å². The first-order valence-corrected chi connectivity index (χ1v) is 10.7. The summed E-state index contributed by atoms with van der Waals surface area (Å²) in [6, 6.07) is 18.0. The number of hydrogen-bond donors (Lipinski definition) is 1. The quantitative estimate of drug-likeness (QED) is 0.553. The highest BCUT2D eigenvalue weighted by molar-refractivity contribution is 6.30. The van der Waals surface area contributed by atoms with E-state index in [-0.39, 0.29) is 17.1 Å². The van der Waals surface area contributed by atoms with Crippen molar-refractivity contribution in [2.24, 2.45) is 5.41 Å². The molecular weight excluding hydrogens is 394 g/mol. The molecule has 0 radical (unpaired) electrons. The van der Waals surface area contributed by atoms with E-state index in [0.717, 1.165) is 46.0 Å². The molecule has 5 rings (SSSR count). The number of nitrogens with zero attached hydrogens (tertiary/aromatic N) is 2. The van der Waals surface area contributed by atoms with Gasteiger partial charge in [-0.05, 0) is 48.6 Å². The van der Waals surface area contributed by atoms with E-state index in [4.69, 9.17) is 16.7 Å². The maximum Gasteiger partial charge on any atom is 0.162 e. The van der Waals surface area contributed by atoms with Gasteiger partial charge in [0, 0.05) is 34.2 Å². The first kappa shape index (κ1) is 19.1. The Bertz CT molecular complexity index is 1170. The van der Waals surface area contributed by atoms with E-state index < -0.39 is 0 Å². The number of allylic oxidation sites excluding steroid dienone is 2. The Morgan fingerprint density at radius 2 is 1.77 bits per heavy atom. The molecule has 0 fully saturated rings. The molecule has 2 heterocycles. The largest absolute Gasteiger partial charge is 0.343 e. The second-order valence-electron chi connectivity index (χ2n) is 9.04. The molecule has 2 aliphatic rings. The van der Waals surface area contributed by atoms with E-state index in [0.29, 0.717) is 11.4 Å². The molecule has 5 heteroatoms. The lowest BCUT2D eigenvalue weighted by atomic mass is 9.69. The van der Waals surface area contributed by atoms with Gasteiger partial charge in [0.25, 0.3) is 0 Å². The summed E-state index contributed by atoms with van der Waals surface area (Å²) < 4.78 is 1.96. The summed E-state index contributed by atoms with van der Waals surface area (Å²) in [6.07, 6.45) is 1.38. The van der Waals surface area contributed by atoms with Gasteiger partial charge in [-0.15, -0.1) is 0 Å². The van der Waals surface area contributed by atoms with Gasteiger partial charge in [0.05, 0.1) is 11.4 Å². The Morgan fingerprint density at radius 1 is 1.07 bits per heavy atom. The first-order valence-electron chi connectivity index (χ1n) is 10.3. The number of anilines is 1. The van der Waals surface area contributed by atoms with Crippen LogP contribution in [-0.2, 0) is 4.79 Å². The van der Waals surface area contributed by atoms with Crippen LogP contribution in [0.25, 0.3) is 5.69 Å². The molecule has 2 aromatic carbocycles. The number of nitrogens with one attached hydrogen (secondary N) is 1. The lowest BCUT2D eigenvalue weighted by molar-refractivity contribution is -0.118. The van der Waals surface area contributed by atoms with E-state index in [1.165, 1.54) is 0 Å². The summed E-state index contributed by atoms with van der Waals surface area (Å²) in [4.78, 5) is 13.3. The molecule has 1 N–H and O–H groups in total. The fourth-order valence-electron chi connectivity index (χ4n) is 4.82. The topological polar surface area (TPSA) is 46.9 Å². The van der Waals surface area contributed by atoms with Crippen LogP contribution in [-0.4, -0.2) is 15.6 Å². The summed E-state index contributed by atoms with van der Waals surface area (Å²) in [5.74, 6) is 1.02. The fraction of sp³-hybridized carbons (Fsp3) is 0.280. The van der Waals surface area contributed by atoms with Gasteiger partial charge in [0.15, 0.2) is 5.78 Å². The van der Waals surface area contributed by atoms with Gasteiger partial charge in [-0.3, -0.25) is 4.79 Å². The molecule has 0 saturated carbocycles. The van der Waals surface area contributed by atoms with Gasteiger partial charge in [0.2, 0.25) is 0 Å². The lowest BCUT2D eigenvalue weighted by Crippen LogP contribution is -2.34. The van der Waals surface area contributed by atoms with Gasteiger partial charge in [0.1, 0.15) is 5.82 Å². The molecular formula is C25H24ClN3O. The van der Waals surface area contributed by atoms with Crippen molar-refractivity contribution in [3.63, 3.8) is 0 Å². The predicted molar refractivity (Wildman–Crippen MR) is 120 cm³/mol. The van der Waals surface area contributed by atoms with E-state index in [1.54, 1.807) is 0 Å². The molecule has 1 aromatic heterocycles. The average molecular weight is 418 g/mol. The third-order valence-electron chi connectivity index (χ3n) is 6.08. The number of aryl methyl sites for hydroxylation is 1. The second-order valence-corrected chi connectivity index (χ2v) is 9.47. The number of halogens is 1. The first-order chi connectivity index (χ1) is 14.3. The van der Waals surface area contributed by atoms with E-state index in [9.17, 15) is 4.79 Å². The van der Waals surface area contributed by atoms with Crippen LogP contribution < -0.4 is 5.32 Å². The molecule has 1 aliphatic heterocycles. The Morgan fingerprint density at radius 3 is 2.47 bits per heavy atom. The standard InChI is InChI=1S/C25H24ClN3O/c1-15-21-22(16-9-11-17(26)12-10-16)23-19(13-25(2,3)14-20(23)30)27-24(21)29(28-15)18-7-5-4-6-8-18/h4-12,22,27H,13-14H2,1-3H3/t22-/m0/s1. The minimum absolute atomic E-state index is 0.0718. The van der Waals surface area contributed by atoms with Crippen LogP contribution in [0.15, 0.2) is 65.9 Å². The molecule has 3 aromatic rings. The number of ketones is 1. The highest BCUT2D eigenvalue weighted by Crippen LogP contribution is 2.50. The smallest absolute Gasteiger partial charge is 0.162 e. The SMILES string of the molecule is Cc1nn(-c2ccccc2)c2c1[C@H](c1ccc(Cl)cc1)C1=C(CC(C)(C)CC1=O)N2. The number of Topliss-reactive ketones (excluding diaryl/α,β-unsaturated/α-hetero) is 1. The maximum absolute atomic E-state index is 13.3. The summed E-state index contributed by atoms with van der Waals surface area (Å²) in [7, 11) is 0. The van der Waals surface area contributed by atoms with Crippen molar-refractivity contribution >= 4 is 23.2 Å². The third-order valence-corrected chi connectivity index (χ3v) is 6.33. The zero-order chi connectivity index (χ0) is 21.0. The van der Waals surface area contributed by atoms with Crippen molar-refractivity contribution in [2.75, 3.05) is 5.32 Å². The maximum atomic E-state index is 13.3. The number of para-hydroxylation sites is 1. The summed E-state index contributed by atoms with van der Waals surface area (Å²) in [6.45, 7) is 6.33. The van der Waals surface area contributed by atoms with Crippen molar-refractivity contribution in [3.8, 4) is 5.69 Å². The molecule has 0 unspecified atom stereocenters.